The van der Waals surface area contributed by atoms with Crippen LogP contribution in [-0.2, 0) is 11.2 Å². The van der Waals surface area contributed by atoms with Gasteiger partial charge in [-0.05, 0) is 73.5 Å². The number of halogens is 1. The van der Waals surface area contributed by atoms with Crippen LogP contribution in [0, 0.1) is 5.82 Å². The molecule has 0 unspecified atom stereocenters. The van der Waals surface area contributed by atoms with Crippen LogP contribution in [0.4, 0.5) is 10.1 Å². The lowest BCUT2D eigenvalue weighted by Gasteiger charge is -2.15. The van der Waals surface area contributed by atoms with Gasteiger partial charge in [0.05, 0.1) is 41.2 Å². The molecule has 8 rings (SSSR count). The minimum absolute atomic E-state index is 0.0870. The Kier molecular flexibility index (Phi) is 8.28. The number of carbonyl (C=O) groups excluding carboxylic acids is 1. The van der Waals surface area contributed by atoms with Gasteiger partial charge in [-0.3, -0.25) is 24.8 Å². The maximum Gasteiger partial charge on any atom is 0.228 e. The zero-order valence-electron chi connectivity index (χ0n) is 26.7. The number of carbonyl (C=O) groups is 1. The number of fused-ring (bicyclic) bond motifs is 2. The molecule has 5 heterocycles. The van der Waals surface area contributed by atoms with Crippen LogP contribution in [-0.4, -0.2) is 62.2 Å². The molecule has 3 N–H and O–H groups in total. The van der Waals surface area contributed by atoms with E-state index in [2.05, 4.69) is 35.4 Å². The minimum atomic E-state index is -0.361. The molecule has 1 saturated heterocycles. The van der Waals surface area contributed by atoms with Gasteiger partial charge in [-0.2, -0.15) is 5.10 Å². The van der Waals surface area contributed by atoms with Crippen molar-refractivity contribution in [3.8, 4) is 39.5 Å². The third kappa shape index (κ3) is 6.63. The van der Waals surface area contributed by atoms with E-state index >= 15 is 0 Å². The lowest BCUT2D eigenvalue weighted by atomic mass is 10.0. The van der Waals surface area contributed by atoms with Gasteiger partial charge in [-0.1, -0.05) is 42.5 Å². The van der Waals surface area contributed by atoms with Crippen LogP contribution in [0.15, 0.2) is 104 Å². The Morgan fingerprint density at radius 3 is 2.63 bits per heavy atom. The fourth-order valence-electron chi connectivity index (χ4n) is 6.53. The summed E-state index contributed by atoms with van der Waals surface area (Å²) in [5.41, 5.74) is 7.82. The number of hydrogen-bond acceptors (Lipinski definition) is 6. The first-order valence-corrected chi connectivity index (χ1v) is 16.5. The van der Waals surface area contributed by atoms with Gasteiger partial charge in [0.1, 0.15) is 23.9 Å². The maximum absolute atomic E-state index is 14.8. The van der Waals surface area contributed by atoms with Gasteiger partial charge < -0.3 is 15.0 Å². The van der Waals surface area contributed by atoms with Crippen LogP contribution >= 0.6 is 0 Å². The molecule has 0 radical (unpaired) electrons. The second-order valence-electron chi connectivity index (χ2n) is 12.4. The van der Waals surface area contributed by atoms with Gasteiger partial charge in [0.25, 0.3) is 0 Å². The number of ether oxygens (including phenoxy) is 1. The minimum Gasteiger partial charge on any atom is -0.492 e. The first-order valence-electron chi connectivity index (χ1n) is 16.5. The monoisotopic (exact) mass is 651 g/mol. The average Bonchev–Trinajstić information content (AvgIpc) is 3.88. The highest BCUT2D eigenvalue weighted by atomic mass is 19.1. The Morgan fingerprint density at radius 1 is 0.878 bits per heavy atom. The van der Waals surface area contributed by atoms with Crippen molar-refractivity contribution in [3.63, 3.8) is 0 Å². The van der Waals surface area contributed by atoms with E-state index in [9.17, 15) is 9.18 Å². The lowest BCUT2D eigenvalue weighted by Crippen LogP contribution is -2.25. The number of aromatic amines is 2. The molecule has 0 spiro atoms. The van der Waals surface area contributed by atoms with Crippen molar-refractivity contribution in [3.05, 3.63) is 115 Å². The molecule has 9 nitrogen and oxygen atoms in total. The molecule has 244 valence electrons. The first kappa shape index (κ1) is 30.5. The highest BCUT2D eigenvalue weighted by molar-refractivity contribution is 6.01. The second kappa shape index (κ2) is 13.3. The predicted octanol–water partition coefficient (Wildman–Crippen LogP) is 7.63. The summed E-state index contributed by atoms with van der Waals surface area (Å²) < 4.78 is 20.8. The third-order valence-corrected chi connectivity index (χ3v) is 8.95. The fraction of sp³-hybridized carbons (Fsp3) is 0.179. The first-order chi connectivity index (χ1) is 24.1. The Labute approximate surface area is 282 Å². The molecular weight excluding hydrogens is 617 g/mol. The summed E-state index contributed by atoms with van der Waals surface area (Å²) in [4.78, 5) is 27.7. The number of anilines is 1. The van der Waals surface area contributed by atoms with Crippen LogP contribution in [0.3, 0.4) is 0 Å². The summed E-state index contributed by atoms with van der Waals surface area (Å²) in [5.74, 6) is 0.0516. The number of rotatable bonds is 10. The molecule has 0 atom stereocenters. The van der Waals surface area contributed by atoms with Crippen LogP contribution in [0.25, 0.3) is 55.6 Å². The number of aromatic nitrogens is 5. The third-order valence-electron chi connectivity index (χ3n) is 8.95. The van der Waals surface area contributed by atoms with Crippen molar-refractivity contribution in [2.75, 3.05) is 31.6 Å². The topological polar surface area (TPSA) is 112 Å². The van der Waals surface area contributed by atoms with Crippen molar-refractivity contribution in [2.24, 2.45) is 0 Å². The Balaban J connectivity index is 1.06. The van der Waals surface area contributed by atoms with Crippen molar-refractivity contribution < 1.29 is 13.9 Å². The molecule has 4 aromatic heterocycles. The zero-order chi connectivity index (χ0) is 33.2. The summed E-state index contributed by atoms with van der Waals surface area (Å²) in [6.45, 7) is 3.52. The second-order valence-corrected chi connectivity index (χ2v) is 12.4. The Morgan fingerprint density at radius 2 is 1.76 bits per heavy atom. The van der Waals surface area contributed by atoms with Gasteiger partial charge in [-0.25, -0.2) is 4.39 Å². The molecule has 0 aliphatic carbocycles. The summed E-state index contributed by atoms with van der Waals surface area (Å²) in [6, 6.07) is 26.1. The fourth-order valence-corrected chi connectivity index (χ4v) is 6.53. The normalized spacial score (nSPS) is 13.3. The van der Waals surface area contributed by atoms with E-state index in [0.29, 0.717) is 30.0 Å². The number of amides is 1. The average molecular weight is 652 g/mol. The van der Waals surface area contributed by atoms with E-state index < -0.39 is 0 Å². The van der Waals surface area contributed by atoms with E-state index in [0.717, 1.165) is 75.2 Å². The molecule has 1 fully saturated rings. The zero-order valence-corrected chi connectivity index (χ0v) is 26.7. The van der Waals surface area contributed by atoms with Crippen LogP contribution in [0.1, 0.15) is 18.4 Å². The highest BCUT2D eigenvalue weighted by Crippen LogP contribution is 2.36. The van der Waals surface area contributed by atoms with Crippen molar-refractivity contribution in [2.45, 2.75) is 19.3 Å². The van der Waals surface area contributed by atoms with Gasteiger partial charge in [-0.15, -0.1) is 0 Å². The highest BCUT2D eigenvalue weighted by Gasteiger charge is 2.17. The molecule has 1 aliphatic rings. The van der Waals surface area contributed by atoms with Gasteiger partial charge in [0.2, 0.25) is 5.91 Å². The van der Waals surface area contributed by atoms with E-state index in [1.54, 1.807) is 18.6 Å². The van der Waals surface area contributed by atoms with E-state index in [-0.39, 0.29) is 11.7 Å². The Bertz CT molecular complexity index is 2270. The van der Waals surface area contributed by atoms with E-state index in [4.69, 9.17) is 4.74 Å². The van der Waals surface area contributed by atoms with Crippen LogP contribution < -0.4 is 10.1 Å². The van der Waals surface area contributed by atoms with Gasteiger partial charge >= 0.3 is 0 Å². The quantitative estimate of drug-likeness (QED) is 0.140. The molecule has 7 aromatic rings. The van der Waals surface area contributed by atoms with E-state index in [1.165, 1.54) is 25.0 Å². The number of nitrogens with one attached hydrogen (secondary N) is 3. The molecule has 0 saturated carbocycles. The van der Waals surface area contributed by atoms with E-state index in [1.807, 2.05) is 72.8 Å². The molecule has 1 aliphatic heterocycles. The number of hydrogen-bond donors (Lipinski definition) is 3. The lowest BCUT2D eigenvalue weighted by molar-refractivity contribution is -0.115. The molecular formula is C39H34FN7O2. The SMILES string of the molecule is O=C(Cc1ccccc1)Nc1cccc(-c2cc3c(-c4cc5c(-c6cc(F)cc(OCCN7CCCC7)c6)cncc5[nH]4)n[nH]c3cn2)c1. The molecule has 49 heavy (non-hydrogen) atoms. The summed E-state index contributed by atoms with van der Waals surface area (Å²) in [6.07, 6.45) is 8.00. The maximum atomic E-state index is 14.8. The smallest absolute Gasteiger partial charge is 0.228 e. The Hall–Kier alpha value is -5.87. The molecule has 1 amide bonds. The van der Waals surface area contributed by atoms with Crippen LogP contribution in [0.5, 0.6) is 5.75 Å². The molecule has 3 aromatic carbocycles. The summed E-state index contributed by atoms with van der Waals surface area (Å²) in [5, 5.41) is 12.5. The van der Waals surface area contributed by atoms with Gasteiger partial charge in [0.15, 0.2) is 0 Å². The van der Waals surface area contributed by atoms with Crippen molar-refractivity contribution in [1.82, 2.24) is 30.0 Å². The number of likely N-dealkylation sites (tertiary alicyclic amines) is 1. The number of benzene rings is 3. The number of pyridine rings is 2. The number of H-pyrrole nitrogens is 2. The predicted molar refractivity (Wildman–Crippen MR) is 190 cm³/mol. The summed E-state index contributed by atoms with van der Waals surface area (Å²) in [7, 11) is 0. The van der Waals surface area contributed by atoms with Crippen LogP contribution in [0.2, 0.25) is 0 Å². The largest absolute Gasteiger partial charge is 0.492 e. The molecule has 10 heteroatoms. The standard InChI is InChI=1S/C39H34FN7O2/c40-28-16-27(18-30(19-28)49-14-13-47-11-4-5-12-47)33-22-41-23-36-31(33)20-35(44-36)39-32-21-34(42-24-37(32)45-46-39)26-9-6-10-29(17-26)43-38(48)15-25-7-2-1-3-8-25/h1-3,6-10,16-24,44H,4-5,11-15H2,(H,43,48)(H,45,46). The van der Waals surface area contributed by atoms with Gasteiger partial charge in [0, 0.05) is 46.4 Å². The number of nitrogens with zero attached hydrogens (tertiary/aromatic N) is 4. The summed E-state index contributed by atoms with van der Waals surface area (Å²) >= 11 is 0. The molecule has 0 bridgehead atoms. The van der Waals surface area contributed by atoms with Crippen molar-refractivity contribution in [1.29, 1.82) is 0 Å². The van der Waals surface area contributed by atoms with Crippen molar-refractivity contribution >= 4 is 33.4 Å².